The molecule has 1 aliphatic carbocycles. The molecule has 1 amide bonds. The number of Topliss-reactive ketones (excluding diaryl/α,β-unsaturated/α-hetero) is 1. The Kier molecular flexibility index (Phi) is 5.17. The molecule has 160 valence electrons. The first-order chi connectivity index (χ1) is 15.5. The van der Waals surface area contributed by atoms with Crippen LogP contribution < -0.4 is 4.90 Å². The molecule has 0 radical (unpaired) electrons. The molecule has 3 atom stereocenters. The molecule has 32 heavy (non-hydrogen) atoms. The number of hydrogen-bond donors (Lipinski definition) is 0. The Morgan fingerprint density at radius 2 is 1.75 bits per heavy atom. The average Bonchev–Trinajstić information content (AvgIpc) is 2.94. The number of fused-ring (bicyclic) bond motifs is 2. The quantitative estimate of drug-likeness (QED) is 0.559. The van der Waals surface area contributed by atoms with Crippen LogP contribution in [0, 0.1) is 12.8 Å². The maximum atomic E-state index is 13.7. The Balaban J connectivity index is 1.66. The number of rotatable bonds is 2. The average molecular weight is 424 g/mol. The fourth-order valence-electron chi connectivity index (χ4n) is 5.03. The van der Waals surface area contributed by atoms with Crippen LogP contribution in [0.4, 0.5) is 11.4 Å². The fraction of sp³-hybridized carbons (Fsp3) is 0.259. The minimum absolute atomic E-state index is 0.0867. The van der Waals surface area contributed by atoms with Crippen molar-refractivity contribution in [2.24, 2.45) is 10.9 Å². The third-order valence-electron chi connectivity index (χ3n) is 6.52. The van der Waals surface area contributed by atoms with Crippen molar-refractivity contribution in [3.63, 3.8) is 0 Å². The zero-order chi connectivity index (χ0) is 22.2. The summed E-state index contributed by atoms with van der Waals surface area (Å²) in [5.41, 5.74) is 5.50. The molecule has 0 bridgehead atoms. The van der Waals surface area contributed by atoms with Crippen molar-refractivity contribution in [3.05, 3.63) is 89.7 Å². The van der Waals surface area contributed by atoms with Crippen molar-refractivity contribution >= 4 is 28.8 Å². The highest BCUT2D eigenvalue weighted by atomic mass is 16.2. The monoisotopic (exact) mass is 423 g/mol. The number of aliphatic imine (C=N–C) groups is 1. The molecule has 0 spiro atoms. The number of para-hydroxylation sites is 2. The number of pyridine rings is 1. The number of benzene rings is 2. The Hall–Kier alpha value is -3.60. The van der Waals surface area contributed by atoms with E-state index in [0.29, 0.717) is 12.8 Å². The largest absolute Gasteiger partial charge is 0.302 e. The summed E-state index contributed by atoms with van der Waals surface area (Å²) in [4.78, 5) is 37.6. The first-order valence-electron chi connectivity index (χ1n) is 11.0. The third kappa shape index (κ3) is 3.54. The van der Waals surface area contributed by atoms with Crippen LogP contribution in [0.1, 0.15) is 48.4 Å². The van der Waals surface area contributed by atoms with E-state index in [1.165, 1.54) is 5.56 Å². The lowest BCUT2D eigenvalue weighted by molar-refractivity contribution is -0.123. The fourth-order valence-corrected chi connectivity index (χ4v) is 5.03. The lowest BCUT2D eigenvalue weighted by atomic mass is 9.72. The molecule has 2 aliphatic rings. The number of carbonyl (C=O) groups excluding carboxylic acids is 2. The molecule has 5 heteroatoms. The predicted molar refractivity (Wildman–Crippen MR) is 125 cm³/mol. The lowest BCUT2D eigenvalue weighted by Gasteiger charge is -2.38. The van der Waals surface area contributed by atoms with Gasteiger partial charge in [0.25, 0.3) is 0 Å². The summed E-state index contributed by atoms with van der Waals surface area (Å²) in [5.74, 6) is -0.398. The van der Waals surface area contributed by atoms with Crippen molar-refractivity contribution in [2.45, 2.75) is 38.6 Å². The third-order valence-corrected chi connectivity index (χ3v) is 6.52. The van der Waals surface area contributed by atoms with Crippen molar-refractivity contribution in [1.82, 2.24) is 4.98 Å². The zero-order valence-corrected chi connectivity index (χ0v) is 18.2. The van der Waals surface area contributed by atoms with E-state index in [-0.39, 0.29) is 17.6 Å². The van der Waals surface area contributed by atoms with E-state index in [0.717, 1.165) is 28.2 Å². The summed E-state index contributed by atoms with van der Waals surface area (Å²) >= 11 is 0. The molecule has 1 saturated carbocycles. The maximum Gasteiger partial charge on any atom is 0.224 e. The molecule has 2 aromatic carbocycles. The van der Waals surface area contributed by atoms with Crippen molar-refractivity contribution in [3.8, 4) is 0 Å². The highest BCUT2D eigenvalue weighted by molar-refractivity contribution is 6.13. The molecular weight excluding hydrogens is 398 g/mol. The Morgan fingerprint density at radius 1 is 0.969 bits per heavy atom. The number of amides is 1. The highest BCUT2D eigenvalue weighted by Gasteiger charge is 2.45. The lowest BCUT2D eigenvalue weighted by Crippen LogP contribution is -2.45. The summed E-state index contributed by atoms with van der Waals surface area (Å²) in [6.45, 7) is 3.61. The summed E-state index contributed by atoms with van der Waals surface area (Å²) in [5, 5.41) is 0. The van der Waals surface area contributed by atoms with Crippen molar-refractivity contribution in [2.75, 3.05) is 4.90 Å². The van der Waals surface area contributed by atoms with Gasteiger partial charge in [0.1, 0.15) is 5.78 Å². The number of nitrogens with zero attached hydrogens (tertiary/aromatic N) is 3. The standard InChI is InChI=1S/C27H25N3O2/c1-17-9-11-19(12-10-17)21-14-23-26(25(32)15-21)27(20-6-5-13-28-16-20)30(18(2)31)24-8-4-3-7-22(24)29-23/h3-13,16,21,26-27H,14-15H2,1-2H3/t21-,26?,27-/m1/s1. The molecule has 1 fully saturated rings. The Bertz CT molecular complexity index is 1200. The van der Waals surface area contributed by atoms with Gasteiger partial charge in [0.05, 0.1) is 23.3 Å². The molecule has 1 unspecified atom stereocenters. The SMILES string of the molecule is CC(=O)N1c2ccccc2N=C2C[C@@H](c3ccc(C)cc3)CC(=O)C2[C@H]1c1cccnc1. The molecule has 2 heterocycles. The number of carbonyl (C=O) groups is 2. The minimum atomic E-state index is -0.489. The summed E-state index contributed by atoms with van der Waals surface area (Å²) < 4.78 is 0. The molecule has 1 aliphatic heterocycles. The van der Waals surface area contributed by atoms with Gasteiger partial charge in [-0.2, -0.15) is 0 Å². The molecule has 3 aromatic rings. The van der Waals surface area contributed by atoms with Gasteiger partial charge in [0.2, 0.25) is 5.91 Å². The van der Waals surface area contributed by atoms with E-state index in [4.69, 9.17) is 4.99 Å². The highest BCUT2D eigenvalue weighted by Crippen LogP contribution is 2.47. The minimum Gasteiger partial charge on any atom is -0.302 e. The van der Waals surface area contributed by atoms with Crippen LogP contribution in [0.2, 0.25) is 0 Å². The normalized spacial score (nSPS) is 22.4. The molecule has 0 saturated heterocycles. The molecule has 1 aromatic heterocycles. The second kappa shape index (κ2) is 8.15. The second-order valence-electron chi connectivity index (χ2n) is 8.67. The number of aryl methyl sites for hydroxylation is 1. The molecule has 5 rings (SSSR count). The molecule has 5 nitrogen and oxygen atoms in total. The molecular formula is C27H25N3O2. The van der Waals surface area contributed by atoms with Crippen LogP contribution >= 0.6 is 0 Å². The Labute approximate surface area is 187 Å². The first kappa shape index (κ1) is 20.3. The number of ketones is 1. The van der Waals surface area contributed by atoms with Gasteiger partial charge in [0.15, 0.2) is 0 Å². The van der Waals surface area contributed by atoms with Crippen LogP contribution in [0.3, 0.4) is 0 Å². The number of hydrogen-bond acceptors (Lipinski definition) is 4. The van der Waals surface area contributed by atoms with E-state index in [2.05, 4.69) is 36.2 Å². The van der Waals surface area contributed by atoms with Crippen LogP contribution in [0.25, 0.3) is 0 Å². The summed E-state index contributed by atoms with van der Waals surface area (Å²) in [6.07, 6.45) is 4.59. The van der Waals surface area contributed by atoms with Gasteiger partial charge in [-0.1, -0.05) is 48.0 Å². The van der Waals surface area contributed by atoms with Gasteiger partial charge < -0.3 is 4.90 Å². The van der Waals surface area contributed by atoms with E-state index >= 15 is 0 Å². The van der Waals surface area contributed by atoms with E-state index in [1.807, 2.05) is 36.4 Å². The van der Waals surface area contributed by atoms with E-state index < -0.39 is 12.0 Å². The zero-order valence-electron chi connectivity index (χ0n) is 18.2. The van der Waals surface area contributed by atoms with Gasteiger partial charge in [-0.25, -0.2) is 0 Å². The maximum absolute atomic E-state index is 13.7. The van der Waals surface area contributed by atoms with Crippen LogP contribution in [-0.2, 0) is 9.59 Å². The van der Waals surface area contributed by atoms with E-state index in [9.17, 15) is 9.59 Å². The summed E-state index contributed by atoms with van der Waals surface area (Å²) in [6, 6.07) is 19.4. The van der Waals surface area contributed by atoms with Crippen molar-refractivity contribution < 1.29 is 9.59 Å². The van der Waals surface area contributed by atoms with Gasteiger partial charge in [-0.15, -0.1) is 0 Å². The summed E-state index contributed by atoms with van der Waals surface area (Å²) in [7, 11) is 0. The number of anilines is 1. The Morgan fingerprint density at radius 3 is 2.47 bits per heavy atom. The first-order valence-corrected chi connectivity index (χ1v) is 11.0. The van der Waals surface area contributed by atoms with Gasteiger partial charge in [-0.05, 0) is 48.6 Å². The van der Waals surface area contributed by atoms with Crippen LogP contribution in [-0.4, -0.2) is 22.4 Å². The van der Waals surface area contributed by atoms with Crippen molar-refractivity contribution in [1.29, 1.82) is 0 Å². The topological polar surface area (TPSA) is 62.6 Å². The van der Waals surface area contributed by atoms with Gasteiger partial charge >= 0.3 is 0 Å². The van der Waals surface area contributed by atoms with Crippen LogP contribution in [0.15, 0.2) is 78.0 Å². The van der Waals surface area contributed by atoms with E-state index in [1.54, 1.807) is 24.2 Å². The van der Waals surface area contributed by atoms with Gasteiger partial charge in [-0.3, -0.25) is 19.6 Å². The molecule has 0 N–H and O–H groups in total. The van der Waals surface area contributed by atoms with Crippen LogP contribution in [0.5, 0.6) is 0 Å². The second-order valence-corrected chi connectivity index (χ2v) is 8.67. The smallest absolute Gasteiger partial charge is 0.224 e. The number of aromatic nitrogens is 1. The van der Waals surface area contributed by atoms with Gasteiger partial charge in [0, 0.05) is 31.4 Å². The predicted octanol–water partition coefficient (Wildman–Crippen LogP) is 5.33.